The maximum Gasteiger partial charge on any atom is 0.0352 e. The number of fused-ring (bicyclic) bond motifs is 3. The van der Waals surface area contributed by atoms with Crippen molar-refractivity contribution in [1.29, 1.82) is 0 Å². The molecule has 0 spiro atoms. The molecule has 1 aliphatic carbocycles. The van der Waals surface area contributed by atoms with Gasteiger partial charge in [0.15, 0.2) is 0 Å². The Balaban J connectivity index is 1.98. The predicted octanol–water partition coefficient (Wildman–Crippen LogP) is 4.74. The van der Waals surface area contributed by atoms with E-state index in [2.05, 4.69) is 67.6 Å². The fourth-order valence-corrected chi connectivity index (χ4v) is 3.39. The van der Waals surface area contributed by atoms with Gasteiger partial charge in [0.25, 0.3) is 0 Å². The van der Waals surface area contributed by atoms with Crippen LogP contribution in [0.15, 0.2) is 66.7 Å². The highest BCUT2D eigenvalue weighted by Gasteiger charge is 2.29. The topological polar surface area (TPSA) is 26.0 Å². The first-order valence-corrected chi connectivity index (χ1v) is 7.30. The Morgan fingerprint density at radius 3 is 1.90 bits per heavy atom. The molecular formula is C20H17N. The Morgan fingerprint density at radius 2 is 1.33 bits per heavy atom. The molecule has 0 amide bonds. The van der Waals surface area contributed by atoms with Gasteiger partial charge in [-0.25, -0.2) is 0 Å². The third-order valence-electron chi connectivity index (χ3n) is 4.46. The third kappa shape index (κ3) is 1.78. The minimum atomic E-state index is 0.316. The highest BCUT2D eigenvalue weighted by molar-refractivity contribution is 5.80. The van der Waals surface area contributed by atoms with Crippen LogP contribution in [0.1, 0.15) is 28.2 Å². The van der Waals surface area contributed by atoms with Crippen LogP contribution in [0.2, 0.25) is 0 Å². The number of hydrogen-bond acceptors (Lipinski definition) is 1. The van der Waals surface area contributed by atoms with Gasteiger partial charge in [-0.05, 0) is 46.4 Å². The number of benzene rings is 3. The lowest BCUT2D eigenvalue weighted by Gasteiger charge is -2.15. The molecule has 3 aromatic carbocycles. The van der Waals surface area contributed by atoms with Crippen molar-refractivity contribution in [2.45, 2.75) is 12.8 Å². The highest BCUT2D eigenvalue weighted by atomic mass is 14.5. The minimum absolute atomic E-state index is 0.316. The summed E-state index contributed by atoms with van der Waals surface area (Å²) >= 11 is 0. The number of anilines is 1. The van der Waals surface area contributed by atoms with Gasteiger partial charge < -0.3 is 5.73 Å². The fraction of sp³-hybridized carbons (Fsp3) is 0.100. The first kappa shape index (κ1) is 12.2. The summed E-state index contributed by atoms with van der Waals surface area (Å²) in [6.07, 6.45) is 0. The zero-order valence-electron chi connectivity index (χ0n) is 12.0. The average Bonchev–Trinajstić information content (AvgIpc) is 2.85. The monoisotopic (exact) mass is 271 g/mol. The Morgan fingerprint density at radius 1 is 0.762 bits per heavy atom. The summed E-state index contributed by atoms with van der Waals surface area (Å²) in [5, 5.41) is 0. The molecule has 0 bridgehead atoms. The Labute approximate surface area is 125 Å². The van der Waals surface area contributed by atoms with Crippen molar-refractivity contribution in [2.75, 3.05) is 5.73 Å². The molecule has 0 heterocycles. The largest absolute Gasteiger partial charge is 0.399 e. The van der Waals surface area contributed by atoms with Crippen LogP contribution in [0, 0.1) is 6.92 Å². The van der Waals surface area contributed by atoms with Gasteiger partial charge >= 0.3 is 0 Å². The van der Waals surface area contributed by atoms with E-state index in [4.69, 9.17) is 5.73 Å². The first-order chi connectivity index (χ1) is 10.3. The van der Waals surface area contributed by atoms with Gasteiger partial charge in [0, 0.05) is 11.6 Å². The van der Waals surface area contributed by atoms with E-state index in [1.807, 2.05) is 6.07 Å². The molecule has 0 saturated carbocycles. The number of nitrogens with two attached hydrogens (primary N) is 1. The van der Waals surface area contributed by atoms with E-state index in [1.54, 1.807) is 0 Å². The van der Waals surface area contributed by atoms with Gasteiger partial charge in [0.05, 0.1) is 0 Å². The molecule has 2 N–H and O–H groups in total. The number of rotatable bonds is 1. The van der Waals surface area contributed by atoms with Crippen molar-refractivity contribution >= 4 is 5.69 Å². The van der Waals surface area contributed by atoms with E-state index in [0.29, 0.717) is 5.92 Å². The van der Waals surface area contributed by atoms with E-state index in [9.17, 15) is 0 Å². The van der Waals surface area contributed by atoms with Crippen molar-refractivity contribution in [3.05, 3.63) is 89.0 Å². The van der Waals surface area contributed by atoms with Crippen LogP contribution in [0.25, 0.3) is 11.1 Å². The molecule has 0 fully saturated rings. The van der Waals surface area contributed by atoms with Crippen molar-refractivity contribution in [3.8, 4) is 11.1 Å². The molecule has 21 heavy (non-hydrogen) atoms. The second-order valence-electron chi connectivity index (χ2n) is 5.72. The maximum atomic E-state index is 5.98. The quantitative estimate of drug-likeness (QED) is 0.497. The molecule has 1 nitrogen and oxygen atoms in total. The summed E-state index contributed by atoms with van der Waals surface area (Å²) in [5.74, 6) is 0.316. The lowest BCUT2D eigenvalue weighted by Crippen LogP contribution is -2.00. The molecule has 0 aliphatic heterocycles. The standard InChI is InChI=1S/C20H17N/c1-13-12-14(10-11-19(13)21)20-17-8-4-2-6-15(17)16-7-3-5-9-18(16)20/h2-12,20H,21H2,1H3. The molecule has 0 atom stereocenters. The van der Waals surface area contributed by atoms with E-state index >= 15 is 0 Å². The van der Waals surface area contributed by atoms with Crippen LogP contribution in [0.3, 0.4) is 0 Å². The van der Waals surface area contributed by atoms with Gasteiger partial charge in [0.1, 0.15) is 0 Å². The summed E-state index contributed by atoms with van der Waals surface area (Å²) in [7, 11) is 0. The second kappa shape index (κ2) is 4.49. The molecule has 0 unspecified atom stereocenters. The van der Waals surface area contributed by atoms with Crippen LogP contribution < -0.4 is 5.73 Å². The Bertz CT molecular complexity index is 787. The lowest BCUT2D eigenvalue weighted by molar-refractivity contribution is 1.01. The number of hydrogen-bond donors (Lipinski definition) is 1. The smallest absolute Gasteiger partial charge is 0.0352 e. The van der Waals surface area contributed by atoms with Crippen LogP contribution >= 0.6 is 0 Å². The first-order valence-electron chi connectivity index (χ1n) is 7.30. The van der Waals surface area contributed by atoms with Crippen LogP contribution in [0.5, 0.6) is 0 Å². The summed E-state index contributed by atoms with van der Waals surface area (Å²) in [6.45, 7) is 2.07. The zero-order chi connectivity index (χ0) is 14.4. The normalized spacial score (nSPS) is 13.0. The van der Waals surface area contributed by atoms with Crippen LogP contribution in [0.4, 0.5) is 5.69 Å². The molecule has 0 radical (unpaired) electrons. The van der Waals surface area contributed by atoms with E-state index in [1.165, 1.54) is 27.8 Å². The second-order valence-corrected chi connectivity index (χ2v) is 5.72. The number of nitrogen functional groups attached to an aromatic ring is 1. The van der Waals surface area contributed by atoms with Crippen molar-refractivity contribution < 1.29 is 0 Å². The maximum absolute atomic E-state index is 5.98. The highest BCUT2D eigenvalue weighted by Crippen LogP contribution is 2.47. The molecule has 0 saturated heterocycles. The van der Waals surface area contributed by atoms with E-state index in [0.717, 1.165) is 11.3 Å². The third-order valence-corrected chi connectivity index (χ3v) is 4.46. The average molecular weight is 271 g/mol. The number of aryl methyl sites for hydroxylation is 1. The van der Waals surface area contributed by atoms with Gasteiger partial charge in [-0.3, -0.25) is 0 Å². The zero-order valence-corrected chi connectivity index (χ0v) is 12.0. The van der Waals surface area contributed by atoms with Crippen molar-refractivity contribution in [1.82, 2.24) is 0 Å². The van der Waals surface area contributed by atoms with E-state index in [-0.39, 0.29) is 0 Å². The summed E-state index contributed by atoms with van der Waals surface area (Å²) in [6, 6.07) is 23.8. The SMILES string of the molecule is Cc1cc(C2c3ccccc3-c3ccccc32)ccc1N. The predicted molar refractivity (Wildman–Crippen MR) is 88.4 cm³/mol. The van der Waals surface area contributed by atoms with Gasteiger partial charge in [0.2, 0.25) is 0 Å². The molecule has 4 rings (SSSR count). The van der Waals surface area contributed by atoms with Gasteiger partial charge in [-0.2, -0.15) is 0 Å². The molecule has 1 aliphatic rings. The molecule has 102 valence electrons. The minimum Gasteiger partial charge on any atom is -0.399 e. The van der Waals surface area contributed by atoms with Gasteiger partial charge in [-0.1, -0.05) is 60.7 Å². The Hall–Kier alpha value is -2.54. The molecule has 1 heteroatoms. The lowest BCUT2D eigenvalue weighted by atomic mass is 9.88. The summed E-state index contributed by atoms with van der Waals surface area (Å²) in [5.41, 5.74) is 14.8. The van der Waals surface area contributed by atoms with Crippen LogP contribution in [-0.4, -0.2) is 0 Å². The summed E-state index contributed by atoms with van der Waals surface area (Å²) in [4.78, 5) is 0. The van der Waals surface area contributed by atoms with Crippen molar-refractivity contribution in [3.63, 3.8) is 0 Å². The Kier molecular flexibility index (Phi) is 2.61. The van der Waals surface area contributed by atoms with E-state index < -0.39 is 0 Å². The molecular weight excluding hydrogens is 254 g/mol. The molecule has 0 aromatic heterocycles. The van der Waals surface area contributed by atoms with Gasteiger partial charge in [-0.15, -0.1) is 0 Å². The van der Waals surface area contributed by atoms with Crippen molar-refractivity contribution in [2.24, 2.45) is 0 Å². The molecule has 3 aromatic rings. The van der Waals surface area contributed by atoms with Crippen LogP contribution in [-0.2, 0) is 0 Å². The fourth-order valence-electron chi connectivity index (χ4n) is 3.39. The summed E-state index contributed by atoms with van der Waals surface area (Å²) < 4.78 is 0.